The number of nitrogens with two attached hydrogens (primary N) is 1. The lowest BCUT2D eigenvalue weighted by atomic mass is 9.98. The molecule has 33 heavy (non-hydrogen) atoms. The van der Waals surface area contributed by atoms with Crippen molar-refractivity contribution >= 4 is 34.6 Å². The van der Waals surface area contributed by atoms with Gasteiger partial charge in [-0.05, 0) is 67.8 Å². The van der Waals surface area contributed by atoms with Crippen molar-refractivity contribution < 1.29 is 14.3 Å². The molecule has 2 heterocycles. The van der Waals surface area contributed by atoms with Crippen LogP contribution in [0.15, 0.2) is 64.8 Å². The van der Waals surface area contributed by atoms with Gasteiger partial charge >= 0.3 is 0 Å². The summed E-state index contributed by atoms with van der Waals surface area (Å²) < 4.78 is 5.17. The van der Waals surface area contributed by atoms with Crippen molar-refractivity contribution in [1.82, 2.24) is 0 Å². The average molecular weight is 444 g/mol. The molecule has 2 aromatic rings. The third-order valence-corrected chi connectivity index (χ3v) is 5.87. The van der Waals surface area contributed by atoms with Crippen LogP contribution in [-0.4, -0.2) is 37.7 Å². The van der Waals surface area contributed by atoms with Gasteiger partial charge in [0.05, 0.1) is 12.8 Å². The molecule has 2 fully saturated rings. The van der Waals surface area contributed by atoms with Crippen molar-refractivity contribution in [3.63, 3.8) is 0 Å². The number of carbonyl (C=O) groups excluding carboxylic acids is 2. The van der Waals surface area contributed by atoms with E-state index in [-0.39, 0.29) is 23.2 Å². The Morgan fingerprint density at radius 2 is 1.64 bits per heavy atom. The largest absolute Gasteiger partial charge is 0.497 e. The molecule has 2 amide bonds. The molecule has 2 saturated heterocycles. The highest BCUT2D eigenvalue weighted by Crippen LogP contribution is 2.29. The van der Waals surface area contributed by atoms with E-state index in [0.717, 1.165) is 18.5 Å². The fourth-order valence-corrected chi connectivity index (χ4v) is 4.07. The molecule has 0 aliphatic carbocycles. The van der Waals surface area contributed by atoms with Crippen LogP contribution in [0.25, 0.3) is 0 Å². The van der Waals surface area contributed by atoms with Crippen LogP contribution in [0.4, 0.5) is 17.1 Å². The first-order valence-electron chi connectivity index (χ1n) is 10.9. The van der Waals surface area contributed by atoms with Gasteiger partial charge in [0.1, 0.15) is 23.2 Å². The minimum absolute atomic E-state index is 0.00535. The maximum absolute atomic E-state index is 13.4. The van der Waals surface area contributed by atoms with Crippen LogP contribution in [0, 0.1) is 11.3 Å². The standard InChI is InChI=1S/C25H25N5O3/c1-33-20-11-5-17(6-12-20)28-24-21(22(27)16-26)13-15-30(25(24)32)19-9-7-18(8-10-19)29-14-3-2-4-23(29)31/h5-12H,2-4,13-15,27H2,1H3. The number of rotatable bonds is 4. The maximum atomic E-state index is 13.4. The van der Waals surface area contributed by atoms with Crippen LogP contribution in [0.3, 0.4) is 0 Å². The third kappa shape index (κ3) is 4.58. The number of aliphatic imine (C=N–C) groups is 1. The van der Waals surface area contributed by atoms with Crippen LogP contribution in [0.2, 0.25) is 0 Å². The Labute approximate surface area is 192 Å². The van der Waals surface area contributed by atoms with E-state index in [2.05, 4.69) is 4.99 Å². The highest BCUT2D eigenvalue weighted by atomic mass is 16.5. The third-order valence-electron chi connectivity index (χ3n) is 5.87. The lowest BCUT2D eigenvalue weighted by Gasteiger charge is -2.31. The van der Waals surface area contributed by atoms with E-state index in [1.54, 1.807) is 41.2 Å². The van der Waals surface area contributed by atoms with Gasteiger partial charge in [-0.1, -0.05) is 0 Å². The van der Waals surface area contributed by atoms with Crippen molar-refractivity contribution in [2.45, 2.75) is 25.7 Å². The number of anilines is 2. The average Bonchev–Trinajstić information content (AvgIpc) is 2.85. The minimum atomic E-state index is -0.327. The smallest absolute Gasteiger partial charge is 0.277 e. The number of amides is 2. The maximum Gasteiger partial charge on any atom is 0.277 e. The predicted molar refractivity (Wildman–Crippen MR) is 127 cm³/mol. The zero-order chi connectivity index (χ0) is 23.4. The molecule has 0 unspecified atom stereocenters. The lowest BCUT2D eigenvalue weighted by molar-refractivity contribution is -0.119. The summed E-state index contributed by atoms with van der Waals surface area (Å²) >= 11 is 0. The molecule has 2 aliphatic rings. The van der Waals surface area contributed by atoms with Gasteiger partial charge in [0.2, 0.25) is 5.91 Å². The first-order valence-corrected chi connectivity index (χ1v) is 10.9. The number of benzene rings is 2. The minimum Gasteiger partial charge on any atom is -0.497 e. The van der Waals surface area contributed by atoms with Gasteiger partial charge in [-0.25, -0.2) is 4.99 Å². The monoisotopic (exact) mass is 443 g/mol. The van der Waals surface area contributed by atoms with Crippen molar-refractivity contribution in [2.75, 3.05) is 30.0 Å². The Bertz CT molecular complexity index is 1160. The second kappa shape index (κ2) is 9.57. The van der Waals surface area contributed by atoms with E-state index in [9.17, 15) is 14.9 Å². The van der Waals surface area contributed by atoms with E-state index < -0.39 is 0 Å². The summed E-state index contributed by atoms with van der Waals surface area (Å²) in [6.45, 7) is 1.08. The van der Waals surface area contributed by atoms with E-state index in [1.807, 2.05) is 30.3 Å². The molecule has 2 aliphatic heterocycles. The zero-order valence-electron chi connectivity index (χ0n) is 18.5. The quantitative estimate of drug-likeness (QED) is 0.728. The molecule has 0 bridgehead atoms. The van der Waals surface area contributed by atoms with E-state index in [4.69, 9.17) is 10.5 Å². The molecule has 0 aromatic heterocycles. The Balaban J connectivity index is 1.64. The Morgan fingerprint density at radius 3 is 2.24 bits per heavy atom. The molecule has 2 N–H and O–H groups in total. The summed E-state index contributed by atoms with van der Waals surface area (Å²) in [5, 5.41) is 9.32. The molecule has 2 aromatic carbocycles. The van der Waals surface area contributed by atoms with Gasteiger partial charge < -0.3 is 20.3 Å². The summed E-state index contributed by atoms with van der Waals surface area (Å²) in [4.78, 5) is 33.6. The number of hydrogen-bond acceptors (Lipinski definition) is 6. The molecule has 0 spiro atoms. The van der Waals surface area contributed by atoms with Crippen LogP contribution in [-0.2, 0) is 9.59 Å². The Kier molecular flexibility index (Phi) is 6.41. The highest BCUT2D eigenvalue weighted by Gasteiger charge is 2.31. The van der Waals surface area contributed by atoms with Crippen LogP contribution >= 0.6 is 0 Å². The first kappa shape index (κ1) is 22.1. The Hall–Kier alpha value is -4.12. The molecular formula is C25H25N5O3. The highest BCUT2D eigenvalue weighted by molar-refractivity contribution is 6.50. The summed E-state index contributed by atoms with van der Waals surface area (Å²) in [7, 11) is 1.57. The van der Waals surface area contributed by atoms with Crippen LogP contribution < -0.4 is 20.3 Å². The SMILES string of the molecule is COc1ccc(N=C2C(=O)N(c3ccc(N4CCCCC4=O)cc3)CCC2=C(N)C#N)cc1. The van der Waals surface area contributed by atoms with Gasteiger partial charge in [-0.2, -0.15) is 5.26 Å². The number of nitriles is 1. The summed E-state index contributed by atoms with van der Waals surface area (Å²) in [6.07, 6.45) is 2.88. The summed E-state index contributed by atoms with van der Waals surface area (Å²) in [5.74, 6) is 0.473. The number of ether oxygens (including phenoxy) is 1. The Morgan fingerprint density at radius 1 is 0.970 bits per heavy atom. The first-order chi connectivity index (χ1) is 16.0. The molecular weight excluding hydrogens is 418 g/mol. The second-order valence-corrected chi connectivity index (χ2v) is 7.89. The molecule has 0 saturated carbocycles. The second-order valence-electron chi connectivity index (χ2n) is 7.89. The van der Waals surface area contributed by atoms with E-state index in [0.29, 0.717) is 48.6 Å². The topological polar surface area (TPSA) is 112 Å². The molecule has 0 atom stereocenters. The summed E-state index contributed by atoms with van der Waals surface area (Å²) in [5.41, 5.74) is 8.59. The lowest BCUT2D eigenvalue weighted by Crippen LogP contribution is -2.44. The van der Waals surface area contributed by atoms with Crippen LogP contribution in [0.5, 0.6) is 5.75 Å². The van der Waals surface area contributed by atoms with E-state index >= 15 is 0 Å². The summed E-state index contributed by atoms with van der Waals surface area (Å²) in [6, 6.07) is 16.3. The number of methoxy groups -OCH3 is 1. The van der Waals surface area contributed by atoms with Crippen molar-refractivity contribution in [2.24, 2.45) is 10.7 Å². The van der Waals surface area contributed by atoms with E-state index in [1.165, 1.54) is 0 Å². The fraction of sp³-hybridized carbons (Fsp3) is 0.280. The van der Waals surface area contributed by atoms with Gasteiger partial charge in [0.15, 0.2) is 0 Å². The van der Waals surface area contributed by atoms with Gasteiger partial charge in [-0.15, -0.1) is 0 Å². The zero-order valence-corrected chi connectivity index (χ0v) is 18.5. The van der Waals surface area contributed by atoms with Crippen molar-refractivity contribution in [3.8, 4) is 11.8 Å². The molecule has 168 valence electrons. The molecule has 0 radical (unpaired) electrons. The molecule has 4 rings (SSSR count). The van der Waals surface area contributed by atoms with Gasteiger partial charge in [0.25, 0.3) is 5.91 Å². The van der Waals surface area contributed by atoms with Crippen molar-refractivity contribution in [1.29, 1.82) is 5.26 Å². The number of allylic oxidation sites excluding steroid dienone is 1. The number of piperidine rings is 2. The predicted octanol–water partition coefficient (Wildman–Crippen LogP) is 3.46. The number of hydrogen-bond donors (Lipinski definition) is 1. The number of carbonyl (C=O) groups is 2. The molecule has 8 heteroatoms. The van der Waals surface area contributed by atoms with Crippen LogP contribution in [0.1, 0.15) is 25.7 Å². The fourth-order valence-electron chi connectivity index (χ4n) is 4.07. The van der Waals surface area contributed by atoms with Gasteiger partial charge in [-0.3, -0.25) is 9.59 Å². The van der Waals surface area contributed by atoms with Gasteiger partial charge in [0, 0.05) is 36.5 Å². The van der Waals surface area contributed by atoms with Crippen molar-refractivity contribution in [3.05, 3.63) is 59.8 Å². The molecule has 8 nitrogen and oxygen atoms in total. The normalized spacial score (nSPS) is 19.5. The number of nitrogens with zero attached hydrogens (tertiary/aromatic N) is 4.